The Balaban J connectivity index is 1.49. The van der Waals surface area contributed by atoms with Gasteiger partial charge in [0.1, 0.15) is 24.5 Å². The monoisotopic (exact) mass is 606 g/mol. The first-order valence-corrected chi connectivity index (χ1v) is 15.2. The predicted octanol–water partition coefficient (Wildman–Crippen LogP) is 3.94. The summed E-state index contributed by atoms with van der Waals surface area (Å²) in [7, 11) is 6.11. The maximum absolute atomic E-state index is 16.0. The minimum Gasteiger partial charge on any atom is -0.490 e. The lowest BCUT2D eigenvalue weighted by atomic mass is 9.84. The third-order valence-corrected chi connectivity index (χ3v) is 9.91. The predicted molar refractivity (Wildman–Crippen MR) is 165 cm³/mol. The summed E-state index contributed by atoms with van der Waals surface area (Å²) in [5, 5.41) is 12.1. The Morgan fingerprint density at radius 1 is 1.23 bits per heavy atom. The molecule has 0 saturated carbocycles. The molecule has 11 heteroatoms. The van der Waals surface area contributed by atoms with E-state index in [1.807, 2.05) is 20.0 Å². The van der Waals surface area contributed by atoms with Gasteiger partial charge in [0.05, 0.1) is 54.7 Å². The van der Waals surface area contributed by atoms with Gasteiger partial charge >= 0.3 is 6.09 Å². The molecule has 1 N–H and O–H groups in total. The summed E-state index contributed by atoms with van der Waals surface area (Å²) in [6, 6.07) is 5.23. The fourth-order valence-corrected chi connectivity index (χ4v) is 6.25. The van der Waals surface area contributed by atoms with E-state index in [0.29, 0.717) is 63.1 Å². The highest BCUT2D eigenvalue weighted by atomic mass is 19.1. The number of carbonyl (C=O) groups excluding carboxylic acids is 1. The number of piperazine rings is 1. The van der Waals surface area contributed by atoms with Crippen molar-refractivity contribution >= 4 is 17.0 Å². The summed E-state index contributed by atoms with van der Waals surface area (Å²) >= 11 is 0. The summed E-state index contributed by atoms with van der Waals surface area (Å²) in [5.41, 5.74) is 1.96. The topological polar surface area (TPSA) is 97.1 Å². The van der Waals surface area contributed by atoms with Crippen molar-refractivity contribution in [2.75, 3.05) is 47.3 Å². The average Bonchev–Trinajstić information content (AvgIpc) is 3.34. The zero-order chi connectivity index (χ0) is 31.7. The fourth-order valence-electron chi connectivity index (χ4n) is 6.25. The van der Waals surface area contributed by atoms with E-state index in [2.05, 4.69) is 39.4 Å². The summed E-state index contributed by atoms with van der Waals surface area (Å²) in [6.45, 7) is 13.0. The number of pyridine rings is 2. The number of nitrogens with zero attached hydrogens (tertiary/aromatic N) is 5. The lowest BCUT2D eigenvalue weighted by Gasteiger charge is -2.35. The van der Waals surface area contributed by atoms with Crippen LogP contribution < -0.4 is 10.3 Å². The molecule has 10 nitrogen and oxygen atoms in total. The molecular formula is C33H41FN5O5+. The average molecular weight is 607 g/mol. The number of rotatable bonds is 5. The van der Waals surface area contributed by atoms with E-state index in [1.165, 1.54) is 6.07 Å². The van der Waals surface area contributed by atoms with E-state index in [-0.39, 0.29) is 42.7 Å². The molecule has 6 rings (SSSR count). The molecule has 2 aromatic heterocycles. The van der Waals surface area contributed by atoms with Gasteiger partial charge in [0, 0.05) is 48.8 Å². The SMILES string of the molecule is C=C1OCc2c(cc3n(c2=O)Cc2cc4c(C[N+](C)(C)C(C)C)c(OC(=O)N5CCN(C)CC5)c(F)cc4nc2-3)[C@@]1(O)CC. The summed E-state index contributed by atoms with van der Waals surface area (Å²) in [4.78, 5) is 35.6. The Morgan fingerprint density at radius 2 is 1.93 bits per heavy atom. The number of fused-ring (bicyclic) bond motifs is 5. The Labute approximate surface area is 256 Å². The molecule has 1 aromatic carbocycles. The molecule has 44 heavy (non-hydrogen) atoms. The molecule has 1 amide bonds. The van der Waals surface area contributed by atoms with Crippen molar-refractivity contribution in [2.24, 2.45) is 0 Å². The second-order valence-corrected chi connectivity index (χ2v) is 13.2. The van der Waals surface area contributed by atoms with Gasteiger partial charge < -0.3 is 33.4 Å². The van der Waals surface area contributed by atoms with Crippen LogP contribution in [0, 0.1) is 5.82 Å². The number of amides is 1. The maximum Gasteiger partial charge on any atom is 0.415 e. The number of aromatic nitrogens is 2. The molecule has 5 heterocycles. The van der Waals surface area contributed by atoms with Gasteiger partial charge in [0.2, 0.25) is 0 Å². The fraction of sp³-hybridized carbons (Fsp3) is 0.485. The minimum absolute atomic E-state index is 0.0287. The molecule has 0 radical (unpaired) electrons. The van der Waals surface area contributed by atoms with Gasteiger partial charge in [-0.3, -0.25) is 4.79 Å². The first kappa shape index (κ1) is 30.2. The summed E-state index contributed by atoms with van der Waals surface area (Å²) < 4.78 is 29.6. The molecule has 1 atom stereocenters. The second-order valence-electron chi connectivity index (χ2n) is 13.2. The van der Waals surface area contributed by atoms with Crippen LogP contribution in [0.1, 0.15) is 49.4 Å². The van der Waals surface area contributed by atoms with Crippen LogP contribution in [0.5, 0.6) is 5.75 Å². The highest BCUT2D eigenvalue weighted by molar-refractivity contribution is 5.89. The molecule has 1 fully saturated rings. The number of quaternary nitrogens is 1. The van der Waals surface area contributed by atoms with Crippen LogP contribution in [0.3, 0.4) is 0 Å². The standard InChI is InChI=1S/C33H41FN5O5/c1-8-33(42)20(4)43-18-24-25(33)14-28-29-21(16-38(28)31(24)40)13-22-23(17-39(6,7)19(2)3)30(26(34)15-27(22)35-29)44-32(41)37-11-9-36(5)10-12-37/h13-15,19,42H,4,8-12,16-18H2,1-3,5-7H3/q+1/t33-/m1/s1. The maximum atomic E-state index is 16.0. The number of benzene rings is 1. The second kappa shape index (κ2) is 10.7. The molecule has 0 spiro atoms. The zero-order valence-corrected chi connectivity index (χ0v) is 26.4. The molecule has 3 aliphatic rings. The Hall–Kier alpha value is -3.80. The smallest absolute Gasteiger partial charge is 0.415 e. The Bertz CT molecular complexity index is 1760. The van der Waals surface area contributed by atoms with Gasteiger partial charge in [0.25, 0.3) is 5.56 Å². The van der Waals surface area contributed by atoms with Crippen LogP contribution in [-0.2, 0) is 30.0 Å². The summed E-state index contributed by atoms with van der Waals surface area (Å²) in [6.07, 6.45) is -0.285. The third-order valence-electron chi connectivity index (χ3n) is 9.91. The molecule has 0 bridgehead atoms. The molecule has 0 aliphatic carbocycles. The van der Waals surface area contributed by atoms with E-state index in [1.54, 1.807) is 15.5 Å². The van der Waals surface area contributed by atoms with Crippen LogP contribution in [0.2, 0.25) is 0 Å². The Morgan fingerprint density at radius 3 is 2.59 bits per heavy atom. The van der Waals surface area contributed by atoms with Crippen molar-refractivity contribution in [1.29, 1.82) is 0 Å². The highest BCUT2D eigenvalue weighted by Gasteiger charge is 2.41. The first-order chi connectivity index (χ1) is 20.7. The molecular weight excluding hydrogens is 565 g/mol. The first-order valence-electron chi connectivity index (χ1n) is 15.2. The largest absolute Gasteiger partial charge is 0.490 e. The van der Waals surface area contributed by atoms with Crippen LogP contribution in [0.25, 0.3) is 22.3 Å². The minimum atomic E-state index is -1.50. The number of hydrogen-bond acceptors (Lipinski definition) is 7. The van der Waals surface area contributed by atoms with E-state index >= 15 is 4.39 Å². The number of carbonyl (C=O) groups is 1. The Kier molecular flexibility index (Phi) is 7.34. The van der Waals surface area contributed by atoms with E-state index < -0.39 is 17.5 Å². The van der Waals surface area contributed by atoms with Gasteiger partial charge in [-0.25, -0.2) is 14.2 Å². The van der Waals surface area contributed by atoms with E-state index in [9.17, 15) is 14.7 Å². The van der Waals surface area contributed by atoms with Crippen LogP contribution in [0.4, 0.5) is 9.18 Å². The number of halogens is 1. The molecule has 3 aliphatic heterocycles. The van der Waals surface area contributed by atoms with Gasteiger partial charge in [-0.15, -0.1) is 0 Å². The van der Waals surface area contributed by atoms with Crippen molar-refractivity contribution in [3.63, 3.8) is 0 Å². The van der Waals surface area contributed by atoms with Gasteiger partial charge in [-0.1, -0.05) is 13.5 Å². The van der Waals surface area contributed by atoms with Crippen molar-refractivity contribution in [1.82, 2.24) is 19.4 Å². The van der Waals surface area contributed by atoms with E-state index in [0.717, 1.165) is 18.7 Å². The molecule has 234 valence electrons. The van der Waals surface area contributed by atoms with Crippen LogP contribution in [-0.4, -0.2) is 88.4 Å². The number of aliphatic hydroxyl groups is 1. The highest BCUT2D eigenvalue weighted by Crippen LogP contribution is 2.43. The van der Waals surface area contributed by atoms with Crippen LogP contribution >= 0.6 is 0 Å². The van der Waals surface area contributed by atoms with Crippen molar-refractivity contribution in [3.8, 4) is 17.1 Å². The molecule has 3 aromatic rings. The van der Waals surface area contributed by atoms with Gasteiger partial charge in [-0.2, -0.15) is 0 Å². The lowest BCUT2D eigenvalue weighted by molar-refractivity contribution is -0.924. The number of likely N-dealkylation sites (N-methyl/N-ethyl adjacent to an activating group) is 1. The van der Waals surface area contributed by atoms with Gasteiger partial charge in [0.15, 0.2) is 11.6 Å². The summed E-state index contributed by atoms with van der Waals surface area (Å²) in [5.74, 6) is -0.541. The zero-order valence-electron chi connectivity index (χ0n) is 26.4. The van der Waals surface area contributed by atoms with Crippen molar-refractivity contribution in [2.45, 2.75) is 58.5 Å². The third kappa shape index (κ3) is 4.78. The van der Waals surface area contributed by atoms with Crippen LogP contribution in [0.15, 0.2) is 35.3 Å². The lowest BCUT2D eigenvalue weighted by Crippen LogP contribution is -2.48. The number of ether oxygens (including phenoxy) is 2. The molecule has 1 saturated heterocycles. The normalized spacial score (nSPS) is 20.0. The van der Waals surface area contributed by atoms with E-state index in [4.69, 9.17) is 14.5 Å². The van der Waals surface area contributed by atoms with Gasteiger partial charge in [-0.05, 0) is 39.4 Å². The quantitative estimate of drug-likeness (QED) is 0.344. The van der Waals surface area contributed by atoms with Crippen molar-refractivity contribution < 1.29 is 28.2 Å². The van der Waals surface area contributed by atoms with Crippen molar-refractivity contribution in [3.05, 3.63) is 69.0 Å². The molecule has 0 unspecified atom stereocenters. The number of hydrogen-bond donors (Lipinski definition) is 1.